The Morgan fingerprint density at radius 1 is 1.11 bits per heavy atom. The highest BCUT2D eigenvalue weighted by atomic mass is 32.2. The quantitative estimate of drug-likeness (QED) is 0.229. The lowest BCUT2D eigenvalue weighted by molar-refractivity contribution is -0.138. The number of alkyl halides is 3. The fraction of sp³-hybridized carbons (Fsp3) is 0.433. The molecule has 2 N–H and O–H groups in total. The van der Waals surface area contributed by atoms with Crippen molar-refractivity contribution in [1.82, 2.24) is 19.6 Å². The van der Waals surface area contributed by atoms with E-state index in [1.165, 1.54) is 34.9 Å². The van der Waals surface area contributed by atoms with Crippen molar-refractivity contribution < 1.29 is 40.3 Å². The first kappa shape index (κ1) is 34.5. The molecule has 9 nitrogen and oxygen atoms in total. The average Bonchev–Trinajstić information content (AvgIpc) is 3.29. The van der Waals surface area contributed by atoms with E-state index in [0.29, 0.717) is 37.2 Å². The number of nitrogens with zero attached hydrogens (tertiary/aromatic N) is 2. The largest absolute Gasteiger partial charge is 0.449 e. The number of rotatable bonds is 13. The van der Waals surface area contributed by atoms with E-state index in [4.69, 9.17) is 4.74 Å². The normalized spacial score (nSPS) is 11.9. The van der Waals surface area contributed by atoms with Gasteiger partial charge >= 0.3 is 12.3 Å². The van der Waals surface area contributed by atoms with Gasteiger partial charge in [-0.15, -0.1) is 0 Å². The van der Waals surface area contributed by atoms with E-state index in [-0.39, 0.29) is 35.9 Å². The van der Waals surface area contributed by atoms with Crippen molar-refractivity contribution in [3.05, 3.63) is 82.2 Å². The van der Waals surface area contributed by atoms with E-state index >= 15 is 4.39 Å². The van der Waals surface area contributed by atoms with Crippen LogP contribution >= 0.6 is 0 Å². The maximum Gasteiger partial charge on any atom is 0.421 e. The van der Waals surface area contributed by atoms with Gasteiger partial charge in [0.2, 0.25) is 0 Å². The number of hydrogen-bond donors (Lipinski definition) is 2. The van der Waals surface area contributed by atoms with E-state index in [2.05, 4.69) is 16.4 Å². The lowest BCUT2D eigenvalue weighted by Gasteiger charge is -2.16. The van der Waals surface area contributed by atoms with Crippen molar-refractivity contribution in [3.63, 3.8) is 0 Å². The molecule has 0 saturated carbocycles. The summed E-state index contributed by atoms with van der Waals surface area (Å²) in [5, 5.41) is 2.52. The summed E-state index contributed by atoms with van der Waals surface area (Å²) in [7, 11) is -4.71. The molecule has 0 atom stereocenters. The van der Waals surface area contributed by atoms with Gasteiger partial charge in [0.1, 0.15) is 22.2 Å². The molecule has 0 aliphatic carbocycles. The van der Waals surface area contributed by atoms with E-state index < -0.39 is 51.0 Å². The monoisotopic (exact) mass is 639 g/mol. The van der Waals surface area contributed by atoms with Crippen LogP contribution in [-0.4, -0.2) is 36.6 Å². The molecule has 1 heterocycles. The molecule has 0 aliphatic rings. The summed E-state index contributed by atoms with van der Waals surface area (Å²) in [4.78, 5) is 29.1. The molecule has 3 aromatic rings. The molecule has 0 unspecified atom stereocenters. The van der Waals surface area contributed by atoms with Crippen LogP contribution in [0.5, 0.6) is 0 Å². The number of aryl methyl sites for hydroxylation is 2. The third-order valence-electron chi connectivity index (χ3n) is 6.63. The Morgan fingerprint density at radius 2 is 1.82 bits per heavy atom. The highest BCUT2D eigenvalue weighted by Crippen LogP contribution is 2.32. The summed E-state index contributed by atoms with van der Waals surface area (Å²) in [5.74, 6) is -1.31. The van der Waals surface area contributed by atoms with Crippen LogP contribution in [-0.2, 0) is 46.9 Å². The van der Waals surface area contributed by atoms with Crippen LogP contribution in [0.4, 0.5) is 22.4 Å². The van der Waals surface area contributed by atoms with Gasteiger partial charge in [-0.2, -0.15) is 13.2 Å². The van der Waals surface area contributed by atoms with Crippen LogP contribution in [0.1, 0.15) is 79.2 Å². The fourth-order valence-electron chi connectivity index (χ4n) is 4.41. The Bertz CT molecular complexity index is 1590. The van der Waals surface area contributed by atoms with Gasteiger partial charge in [0.15, 0.2) is 0 Å². The van der Waals surface area contributed by atoms with Gasteiger partial charge in [0.05, 0.1) is 24.4 Å². The zero-order chi connectivity index (χ0) is 32.7. The first-order valence-electron chi connectivity index (χ1n) is 14.1. The van der Waals surface area contributed by atoms with Crippen molar-refractivity contribution >= 4 is 22.0 Å². The Hall–Kier alpha value is -3.94. The van der Waals surface area contributed by atoms with Gasteiger partial charge in [0, 0.05) is 24.6 Å². The van der Waals surface area contributed by atoms with Crippen LogP contribution in [0.15, 0.2) is 41.3 Å². The zero-order valence-corrected chi connectivity index (χ0v) is 25.7. The number of ether oxygens (including phenoxy) is 1. The van der Waals surface area contributed by atoms with Gasteiger partial charge in [-0.05, 0) is 36.8 Å². The standard InChI is InChI=1S/C30H35F4N4O5S/c1-5-10-25-36-23(6-2)27(28(39)35-17-20-11-7-8-13-22(20)30(32,33)34)38(25)18-21-12-9-14-24(26(21)31)44(41,42)37-29(40)43-16-15-19(3)4/h7-9,11-13,19H,5-6,10,15-18H2,1-4H3,(H,35,39)(H,37,40). The number of nitrogens with one attached hydrogen (secondary N) is 2. The molecule has 0 aliphatic heterocycles. The van der Waals surface area contributed by atoms with Gasteiger partial charge in [-0.3, -0.25) is 4.79 Å². The Kier molecular flexibility index (Phi) is 11.5. The van der Waals surface area contributed by atoms with Gasteiger partial charge in [0.25, 0.3) is 15.9 Å². The number of imidazole rings is 1. The summed E-state index contributed by atoms with van der Waals surface area (Å²) < 4.78 is 89.8. The molecule has 0 fully saturated rings. The number of sulfonamides is 1. The van der Waals surface area contributed by atoms with Gasteiger partial charge < -0.3 is 14.6 Å². The summed E-state index contributed by atoms with van der Waals surface area (Å²) in [5.41, 5.74) is -0.808. The first-order valence-corrected chi connectivity index (χ1v) is 15.6. The van der Waals surface area contributed by atoms with Crippen LogP contribution < -0.4 is 10.0 Å². The SMILES string of the molecule is CCCc1nc(CC)c(C(=O)NCc2ccccc2C(F)(F)F)n1Cc1cc[c]c(S(=O)(=O)NC(=O)OCCC(C)C)c1F. The molecule has 1 radical (unpaired) electrons. The number of benzene rings is 2. The molecule has 0 bridgehead atoms. The third kappa shape index (κ3) is 8.58. The number of halogens is 4. The second-order valence-electron chi connectivity index (χ2n) is 10.4. The predicted octanol–water partition coefficient (Wildman–Crippen LogP) is 5.80. The molecule has 2 amide bonds. The molecule has 2 aromatic carbocycles. The smallest absolute Gasteiger partial charge is 0.421 e. The summed E-state index contributed by atoms with van der Waals surface area (Å²) in [6.07, 6.45) is -4.10. The highest BCUT2D eigenvalue weighted by molar-refractivity contribution is 7.90. The van der Waals surface area contributed by atoms with E-state index in [0.717, 1.165) is 6.07 Å². The minimum atomic E-state index is -4.71. The molecule has 239 valence electrons. The second kappa shape index (κ2) is 14.7. The molecule has 14 heteroatoms. The maximum atomic E-state index is 15.7. The topological polar surface area (TPSA) is 119 Å². The van der Waals surface area contributed by atoms with E-state index in [1.54, 1.807) is 11.6 Å². The van der Waals surface area contributed by atoms with E-state index in [9.17, 15) is 31.2 Å². The van der Waals surface area contributed by atoms with Crippen molar-refractivity contribution in [2.24, 2.45) is 5.92 Å². The maximum absolute atomic E-state index is 15.7. The summed E-state index contributed by atoms with van der Waals surface area (Å²) >= 11 is 0. The van der Waals surface area contributed by atoms with Gasteiger partial charge in [-0.25, -0.2) is 27.3 Å². The molecule has 1 aromatic heterocycles. The minimum absolute atomic E-state index is 0.0175. The molecular formula is C30H35F4N4O5S. The van der Waals surface area contributed by atoms with Crippen molar-refractivity contribution in [2.45, 2.75) is 77.5 Å². The van der Waals surface area contributed by atoms with E-state index in [1.807, 2.05) is 20.8 Å². The van der Waals surface area contributed by atoms with Crippen molar-refractivity contribution in [2.75, 3.05) is 6.61 Å². The highest BCUT2D eigenvalue weighted by Gasteiger charge is 2.33. The first-order chi connectivity index (χ1) is 20.7. The van der Waals surface area contributed by atoms with Crippen molar-refractivity contribution in [3.8, 4) is 0 Å². The average molecular weight is 640 g/mol. The lowest BCUT2D eigenvalue weighted by Crippen LogP contribution is -2.32. The Labute approximate surface area is 254 Å². The van der Waals surface area contributed by atoms with Crippen LogP contribution in [0, 0.1) is 17.8 Å². The molecule has 3 rings (SSSR count). The molecule has 0 spiro atoms. The van der Waals surface area contributed by atoms with Crippen molar-refractivity contribution in [1.29, 1.82) is 0 Å². The third-order valence-corrected chi connectivity index (χ3v) is 7.90. The number of amides is 2. The van der Waals surface area contributed by atoms with Gasteiger partial charge in [-0.1, -0.05) is 58.0 Å². The van der Waals surface area contributed by atoms with Crippen LogP contribution in [0.2, 0.25) is 0 Å². The minimum Gasteiger partial charge on any atom is -0.449 e. The fourth-order valence-corrected chi connectivity index (χ4v) is 5.39. The number of carbonyl (C=O) groups is 2. The molecule has 44 heavy (non-hydrogen) atoms. The predicted molar refractivity (Wildman–Crippen MR) is 154 cm³/mol. The zero-order valence-electron chi connectivity index (χ0n) is 24.8. The summed E-state index contributed by atoms with van der Waals surface area (Å²) in [6, 6.07) is 9.61. The number of hydrogen-bond acceptors (Lipinski definition) is 6. The molecular weight excluding hydrogens is 604 g/mol. The summed E-state index contributed by atoms with van der Waals surface area (Å²) in [6.45, 7) is 6.61. The second-order valence-corrected chi connectivity index (χ2v) is 12.0. The number of carbonyl (C=O) groups excluding carboxylic acids is 2. The lowest BCUT2D eigenvalue weighted by atomic mass is 10.1. The Morgan fingerprint density at radius 3 is 2.45 bits per heavy atom. The number of aromatic nitrogens is 2. The molecule has 0 saturated heterocycles. The van der Waals surface area contributed by atoms with Crippen LogP contribution in [0.25, 0.3) is 0 Å². The van der Waals surface area contributed by atoms with Crippen LogP contribution in [0.3, 0.4) is 0 Å². The Balaban J connectivity index is 1.94.